The Morgan fingerprint density at radius 1 is 1.53 bits per heavy atom. The quantitative estimate of drug-likeness (QED) is 0.787. The van der Waals surface area contributed by atoms with Gasteiger partial charge in [0.15, 0.2) is 0 Å². The van der Waals surface area contributed by atoms with Crippen molar-refractivity contribution in [1.82, 2.24) is 5.32 Å². The molecule has 0 spiro atoms. The van der Waals surface area contributed by atoms with E-state index in [0.29, 0.717) is 16.6 Å². The summed E-state index contributed by atoms with van der Waals surface area (Å²) in [5.74, 6) is -0.682. The van der Waals surface area contributed by atoms with Crippen molar-refractivity contribution in [3.8, 4) is 0 Å². The average Bonchev–Trinajstić information content (AvgIpc) is 2.30. The number of hydrogen-bond donors (Lipinski definition) is 1. The minimum Gasteiger partial charge on any atom is -0.351 e. The van der Waals surface area contributed by atoms with Crippen molar-refractivity contribution in [1.29, 1.82) is 0 Å². The van der Waals surface area contributed by atoms with Gasteiger partial charge in [0, 0.05) is 16.9 Å². The number of hydrogen-bond acceptors (Lipinski definition) is 1. The van der Waals surface area contributed by atoms with E-state index in [4.69, 9.17) is 0 Å². The molecule has 0 aliphatic rings. The van der Waals surface area contributed by atoms with Crippen LogP contribution in [0.1, 0.15) is 30.1 Å². The normalized spacial score (nSPS) is 12.2. The van der Waals surface area contributed by atoms with Gasteiger partial charge in [0.1, 0.15) is 5.82 Å². The molecular weight excluding hydrogens is 353 g/mol. The van der Waals surface area contributed by atoms with Gasteiger partial charge in [-0.25, -0.2) is 4.39 Å². The molecule has 94 valence electrons. The maximum absolute atomic E-state index is 13.2. The molecule has 1 unspecified atom stereocenters. The van der Waals surface area contributed by atoms with Gasteiger partial charge < -0.3 is 5.32 Å². The topological polar surface area (TPSA) is 29.1 Å². The Hall–Kier alpha value is -0.420. The SMILES string of the molecule is CCCC(Br)CNC(=O)c1ccc(Br)c(F)c1. The monoisotopic (exact) mass is 365 g/mol. The fourth-order valence-corrected chi connectivity index (χ4v) is 2.22. The summed E-state index contributed by atoms with van der Waals surface area (Å²) in [5.41, 5.74) is 0.335. The molecule has 1 N–H and O–H groups in total. The van der Waals surface area contributed by atoms with E-state index in [-0.39, 0.29) is 10.7 Å². The van der Waals surface area contributed by atoms with Crippen molar-refractivity contribution in [3.05, 3.63) is 34.1 Å². The lowest BCUT2D eigenvalue weighted by atomic mass is 10.2. The van der Waals surface area contributed by atoms with Crippen LogP contribution >= 0.6 is 31.9 Å². The summed E-state index contributed by atoms with van der Waals surface area (Å²) < 4.78 is 13.6. The summed E-state index contributed by atoms with van der Waals surface area (Å²) in [4.78, 5) is 12.0. The van der Waals surface area contributed by atoms with E-state index in [2.05, 4.69) is 44.1 Å². The predicted octanol–water partition coefficient (Wildman–Crippen LogP) is 3.88. The molecule has 0 saturated heterocycles. The lowest BCUT2D eigenvalue weighted by Crippen LogP contribution is -2.29. The van der Waals surface area contributed by atoms with Gasteiger partial charge >= 0.3 is 0 Å². The van der Waals surface area contributed by atoms with Crippen molar-refractivity contribution < 1.29 is 9.18 Å². The van der Waals surface area contributed by atoms with E-state index in [1.807, 2.05) is 0 Å². The zero-order valence-corrected chi connectivity index (χ0v) is 12.6. The minimum absolute atomic E-state index is 0.253. The zero-order valence-electron chi connectivity index (χ0n) is 9.47. The first kappa shape index (κ1) is 14.6. The van der Waals surface area contributed by atoms with Gasteiger partial charge in [-0.3, -0.25) is 4.79 Å². The van der Waals surface area contributed by atoms with Crippen LogP contribution in [0.15, 0.2) is 22.7 Å². The largest absolute Gasteiger partial charge is 0.351 e. The van der Waals surface area contributed by atoms with Crippen LogP contribution in [0.5, 0.6) is 0 Å². The Morgan fingerprint density at radius 2 is 2.24 bits per heavy atom. The highest BCUT2D eigenvalue weighted by atomic mass is 79.9. The highest BCUT2D eigenvalue weighted by molar-refractivity contribution is 9.10. The van der Waals surface area contributed by atoms with Crippen LogP contribution in [0, 0.1) is 5.82 Å². The number of carbonyl (C=O) groups is 1. The molecule has 0 radical (unpaired) electrons. The van der Waals surface area contributed by atoms with Gasteiger partial charge in [0.2, 0.25) is 0 Å². The van der Waals surface area contributed by atoms with Crippen molar-refractivity contribution >= 4 is 37.8 Å². The Morgan fingerprint density at radius 3 is 2.82 bits per heavy atom. The Kier molecular flexibility index (Phi) is 6.12. The molecule has 2 nitrogen and oxygen atoms in total. The van der Waals surface area contributed by atoms with Crippen LogP contribution in [-0.4, -0.2) is 17.3 Å². The molecule has 1 rings (SSSR count). The second-order valence-electron chi connectivity index (χ2n) is 3.72. The zero-order chi connectivity index (χ0) is 12.8. The standard InChI is InChI=1S/C12H14Br2FNO/c1-2-3-9(13)7-16-12(17)8-4-5-10(14)11(15)6-8/h4-6,9H,2-3,7H2,1H3,(H,16,17). The second-order valence-corrected chi connectivity index (χ2v) is 5.87. The van der Waals surface area contributed by atoms with Gasteiger partial charge in [-0.05, 0) is 40.5 Å². The number of halogens is 3. The molecule has 0 saturated carbocycles. The number of carbonyl (C=O) groups excluding carboxylic acids is 1. The van der Waals surface area contributed by atoms with E-state index in [1.54, 1.807) is 6.07 Å². The number of benzene rings is 1. The van der Waals surface area contributed by atoms with Crippen LogP contribution < -0.4 is 5.32 Å². The smallest absolute Gasteiger partial charge is 0.251 e. The second kappa shape index (κ2) is 7.11. The molecule has 1 atom stereocenters. The van der Waals surface area contributed by atoms with Gasteiger partial charge in [0.25, 0.3) is 5.91 Å². The molecule has 17 heavy (non-hydrogen) atoms. The summed E-state index contributed by atoms with van der Waals surface area (Å²) in [5, 5.41) is 2.76. The van der Waals surface area contributed by atoms with E-state index in [0.717, 1.165) is 12.8 Å². The number of amides is 1. The van der Waals surface area contributed by atoms with Crippen LogP contribution in [-0.2, 0) is 0 Å². The van der Waals surface area contributed by atoms with E-state index >= 15 is 0 Å². The first-order valence-electron chi connectivity index (χ1n) is 5.42. The molecule has 1 amide bonds. The summed E-state index contributed by atoms with van der Waals surface area (Å²) in [6.07, 6.45) is 2.05. The highest BCUT2D eigenvalue weighted by Gasteiger charge is 2.10. The van der Waals surface area contributed by atoms with Gasteiger partial charge in [-0.1, -0.05) is 29.3 Å². The van der Waals surface area contributed by atoms with Crippen LogP contribution in [0.3, 0.4) is 0 Å². The average molecular weight is 367 g/mol. The van der Waals surface area contributed by atoms with Crippen molar-refractivity contribution in [3.63, 3.8) is 0 Å². The van der Waals surface area contributed by atoms with E-state index in [9.17, 15) is 9.18 Å². The highest BCUT2D eigenvalue weighted by Crippen LogP contribution is 2.16. The van der Waals surface area contributed by atoms with Crippen LogP contribution in [0.25, 0.3) is 0 Å². The minimum atomic E-state index is -0.429. The van der Waals surface area contributed by atoms with E-state index < -0.39 is 5.82 Å². The first-order chi connectivity index (χ1) is 8.04. The summed E-state index contributed by atoms with van der Waals surface area (Å²) in [6.45, 7) is 2.63. The Balaban J connectivity index is 2.55. The van der Waals surface area contributed by atoms with Gasteiger partial charge in [-0.2, -0.15) is 0 Å². The van der Waals surface area contributed by atoms with E-state index in [1.165, 1.54) is 12.1 Å². The van der Waals surface area contributed by atoms with Crippen molar-refractivity contribution in [2.75, 3.05) is 6.54 Å². The summed E-state index contributed by atoms with van der Waals surface area (Å²) in [7, 11) is 0. The Labute approximate surface area is 117 Å². The molecule has 0 fully saturated rings. The van der Waals surface area contributed by atoms with Crippen LogP contribution in [0.4, 0.5) is 4.39 Å². The lowest BCUT2D eigenvalue weighted by Gasteiger charge is -2.10. The molecule has 1 aromatic rings. The number of nitrogens with one attached hydrogen (secondary N) is 1. The first-order valence-corrected chi connectivity index (χ1v) is 7.12. The fraction of sp³-hybridized carbons (Fsp3) is 0.417. The number of rotatable bonds is 5. The molecule has 1 aromatic carbocycles. The predicted molar refractivity (Wildman–Crippen MR) is 74.1 cm³/mol. The third kappa shape index (κ3) is 4.76. The molecule has 5 heteroatoms. The Bertz CT molecular complexity index is 398. The van der Waals surface area contributed by atoms with Crippen molar-refractivity contribution in [2.45, 2.75) is 24.6 Å². The third-order valence-corrected chi connectivity index (χ3v) is 3.69. The van der Waals surface area contributed by atoms with Gasteiger partial charge in [0.05, 0.1) is 4.47 Å². The fourth-order valence-electron chi connectivity index (χ4n) is 1.36. The van der Waals surface area contributed by atoms with Gasteiger partial charge in [-0.15, -0.1) is 0 Å². The van der Waals surface area contributed by atoms with Crippen LogP contribution in [0.2, 0.25) is 0 Å². The molecule has 0 bridgehead atoms. The summed E-state index contributed by atoms with van der Waals surface area (Å²) in [6, 6.07) is 4.34. The molecule has 0 aliphatic carbocycles. The molecule has 0 aliphatic heterocycles. The molecule has 0 aromatic heterocycles. The summed E-state index contributed by atoms with van der Waals surface area (Å²) >= 11 is 6.52. The maximum Gasteiger partial charge on any atom is 0.251 e. The maximum atomic E-state index is 13.2. The lowest BCUT2D eigenvalue weighted by molar-refractivity contribution is 0.0953. The third-order valence-electron chi connectivity index (χ3n) is 2.27. The molecule has 0 heterocycles. The van der Waals surface area contributed by atoms with Crippen molar-refractivity contribution in [2.24, 2.45) is 0 Å². The number of alkyl halides is 1. The molecular formula is C12H14Br2FNO.